The molecule has 2 N–H and O–H groups in total. The minimum Gasteiger partial charge on any atom is -0.463 e. The minimum absolute atomic E-state index is 0.0475. The van der Waals surface area contributed by atoms with E-state index in [9.17, 15) is 14.9 Å². The summed E-state index contributed by atoms with van der Waals surface area (Å²) < 4.78 is 20.9. The zero-order chi connectivity index (χ0) is 21.0. The number of carbonyl (C=O) groups excluding carboxylic acids is 2. The average molecular weight is 394 g/mol. The summed E-state index contributed by atoms with van der Waals surface area (Å²) in [6.07, 6.45) is 1.36. The highest BCUT2D eigenvalue weighted by Crippen LogP contribution is 2.40. The van der Waals surface area contributed by atoms with Crippen molar-refractivity contribution in [3.63, 3.8) is 0 Å². The predicted molar refractivity (Wildman–Crippen MR) is 100 cm³/mol. The normalized spacial score (nSPS) is 16.1. The number of ether oxygens (including phenoxy) is 3. The quantitative estimate of drug-likeness (QED) is 0.606. The number of furan rings is 1. The van der Waals surface area contributed by atoms with Crippen LogP contribution < -0.4 is 10.5 Å². The van der Waals surface area contributed by atoms with Gasteiger partial charge in [-0.1, -0.05) is 12.1 Å². The lowest BCUT2D eigenvalue weighted by molar-refractivity contribution is -0.139. The second-order valence-electron chi connectivity index (χ2n) is 6.05. The van der Waals surface area contributed by atoms with Gasteiger partial charge in [-0.25, -0.2) is 9.59 Å². The summed E-state index contributed by atoms with van der Waals surface area (Å²) in [5.74, 6) is -1.71. The Kier molecular flexibility index (Phi) is 5.69. The van der Waals surface area contributed by atoms with Crippen LogP contribution in [0.3, 0.4) is 0 Å². The fourth-order valence-corrected chi connectivity index (χ4v) is 3.00. The van der Waals surface area contributed by atoms with E-state index in [1.807, 2.05) is 6.07 Å². The van der Waals surface area contributed by atoms with Gasteiger partial charge in [-0.3, -0.25) is 0 Å². The summed E-state index contributed by atoms with van der Waals surface area (Å²) in [5.41, 5.74) is 6.61. The van der Waals surface area contributed by atoms with E-state index >= 15 is 0 Å². The molecule has 8 heteroatoms. The molecule has 1 aliphatic rings. The number of nitrogens with zero attached hydrogens (tertiary/aromatic N) is 1. The van der Waals surface area contributed by atoms with Crippen LogP contribution in [-0.4, -0.2) is 18.5 Å². The van der Waals surface area contributed by atoms with Gasteiger partial charge in [-0.2, -0.15) is 5.26 Å². The van der Waals surface area contributed by atoms with Crippen LogP contribution >= 0.6 is 0 Å². The molecule has 2 heterocycles. The highest BCUT2D eigenvalue weighted by atomic mass is 16.5. The van der Waals surface area contributed by atoms with E-state index in [1.165, 1.54) is 12.3 Å². The van der Waals surface area contributed by atoms with Crippen LogP contribution in [0.4, 0.5) is 0 Å². The van der Waals surface area contributed by atoms with E-state index in [1.54, 1.807) is 44.2 Å². The largest absolute Gasteiger partial charge is 0.463 e. The van der Waals surface area contributed by atoms with E-state index in [0.717, 1.165) is 0 Å². The summed E-state index contributed by atoms with van der Waals surface area (Å²) in [7, 11) is 0. The number of rotatable bonds is 5. The molecule has 0 aliphatic carbocycles. The molecule has 1 aromatic carbocycles. The molecule has 8 nitrogen and oxygen atoms in total. The van der Waals surface area contributed by atoms with Crippen molar-refractivity contribution in [2.45, 2.75) is 19.8 Å². The van der Waals surface area contributed by atoms with Gasteiger partial charge in [0.2, 0.25) is 11.6 Å². The molecule has 0 bridgehead atoms. The Morgan fingerprint density at radius 2 is 2.03 bits per heavy atom. The maximum Gasteiger partial charge on any atom is 0.379 e. The smallest absolute Gasteiger partial charge is 0.379 e. The molecule has 148 valence electrons. The van der Waals surface area contributed by atoms with E-state index in [4.69, 9.17) is 24.4 Å². The summed E-state index contributed by atoms with van der Waals surface area (Å²) in [5, 5.41) is 9.61. The molecule has 0 amide bonds. The van der Waals surface area contributed by atoms with Crippen LogP contribution in [0.25, 0.3) is 0 Å². The van der Waals surface area contributed by atoms with Crippen molar-refractivity contribution >= 4 is 11.9 Å². The molecular formula is C21H18N2O6. The second kappa shape index (κ2) is 8.35. The lowest BCUT2D eigenvalue weighted by atomic mass is 9.83. The van der Waals surface area contributed by atoms with Crippen molar-refractivity contribution in [1.29, 1.82) is 5.26 Å². The van der Waals surface area contributed by atoms with Gasteiger partial charge >= 0.3 is 11.9 Å². The van der Waals surface area contributed by atoms with Gasteiger partial charge in [0.25, 0.3) is 0 Å². The molecule has 2 aromatic rings. The molecule has 29 heavy (non-hydrogen) atoms. The summed E-state index contributed by atoms with van der Waals surface area (Å²) in [4.78, 5) is 24.7. The Balaban J connectivity index is 2.01. The number of allylic oxidation sites excluding steroid dienone is 2. The van der Waals surface area contributed by atoms with E-state index in [2.05, 4.69) is 0 Å². The SMILES string of the molecule is CCOC(=O)C1=C(C)OC(N)=C(C#N)C1c1cccc(OC(=O)c2ccco2)c1. The lowest BCUT2D eigenvalue weighted by Gasteiger charge is -2.27. The Bertz CT molecular complexity index is 1040. The average Bonchev–Trinajstić information content (AvgIpc) is 3.23. The first-order valence-corrected chi connectivity index (χ1v) is 8.77. The Labute approximate surface area is 166 Å². The number of hydrogen-bond acceptors (Lipinski definition) is 8. The molecular weight excluding hydrogens is 376 g/mol. The number of nitriles is 1. The maximum atomic E-state index is 12.5. The molecule has 0 saturated heterocycles. The number of benzene rings is 1. The van der Waals surface area contributed by atoms with Gasteiger partial charge in [0.1, 0.15) is 23.2 Å². The molecule has 0 spiro atoms. The third-order valence-corrected chi connectivity index (χ3v) is 4.23. The van der Waals surface area contributed by atoms with Gasteiger partial charge in [0.05, 0.1) is 24.4 Å². The van der Waals surface area contributed by atoms with Crippen molar-refractivity contribution in [2.75, 3.05) is 6.61 Å². The van der Waals surface area contributed by atoms with Crippen molar-refractivity contribution in [3.05, 3.63) is 76.8 Å². The first-order chi connectivity index (χ1) is 14.0. The summed E-state index contributed by atoms with van der Waals surface area (Å²) in [6, 6.07) is 11.5. The van der Waals surface area contributed by atoms with E-state index < -0.39 is 17.9 Å². The van der Waals surface area contributed by atoms with Gasteiger partial charge in [-0.15, -0.1) is 0 Å². The van der Waals surface area contributed by atoms with Crippen molar-refractivity contribution in [1.82, 2.24) is 0 Å². The number of carbonyl (C=O) groups is 2. The zero-order valence-electron chi connectivity index (χ0n) is 15.8. The van der Waals surface area contributed by atoms with Crippen LogP contribution in [-0.2, 0) is 14.3 Å². The number of nitrogens with two attached hydrogens (primary N) is 1. The van der Waals surface area contributed by atoms with Crippen LogP contribution in [0.5, 0.6) is 5.75 Å². The molecule has 0 saturated carbocycles. The van der Waals surface area contributed by atoms with E-state index in [-0.39, 0.29) is 40.9 Å². The highest BCUT2D eigenvalue weighted by Gasteiger charge is 2.36. The predicted octanol–water partition coefficient (Wildman–Crippen LogP) is 3.14. The van der Waals surface area contributed by atoms with Crippen LogP contribution in [0, 0.1) is 11.3 Å². The standard InChI is InChI=1S/C21H18N2O6/c1-3-26-21(25)17-12(2)28-19(23)15(11-22)18(17)13-6-4-7-14(10-13)29-20(24)16-8-5-9-27-16/h4-10,18H,3,23H2,1-2H3. The molecule has 1 unspecified atom stereocenters. The molecule has 3 rings (SSSR count). The Morgan fingerprint density at radius 1 is 1.24 bits per heavy atom. The van der Waals surface area contributed by atoms with Gasteiger partial charge in [0, 0.05) is 0 Å². The zero-order valence-corrected chi connectivity index (χ0v) is 15.8. The highest BCUT2D eigenvalue weighted by molar-refractivity contribution is 5.92. The monoisotopic (exact) mass is 394 g/mol. The van der Waals surface area contributed by atoms with Gasteiger partial charge in [0.15, 0.2) is 0 Å². The Morgan fingerprint density at radius 3 is 2.69 bits per heavy atom. The molecule has 1 atom stereocenters. The summed E-state index contributed by atoms with van der Waals surface area (Å²) in [6.45, 7) is 3.40. The maximum absolute atomic E-state index is 12.5. The van der Waals surface area contributed by atoms with Crippen LogP contribution in [0.15, 0.2) is 69.9 Å². The number of esters is 2. The van der Waals surface area contributed by atoms with Crippen molar-refractivity contribution in [3.8, 4) is 11.8 Å². The fraction of sp³-hybridized carbons (Fsp3) is 0.190. The number of hydrogen-bond donors (Lipinski definition) is 1. The van der Waals surface area contributed by atoms with Crippen molar-refractivity contribution in [2.24, 2.45) is 5.73 Å². The lowest BCUT2D eigenvalue weighted by Crippen LogP contribution is -2.25. The topological polar surface area (TPSA) is 125 Å². The molecule has 1 aromatic heterocycles. The Hall–Kier alpha value is -3.99. The van der Waals surface area contributed by atoms with Gasteiger partial charge < -0.3 is 24.4 Å². The molecule has 0 fully saturated rings. The first kappa shape index (κ1) is 19.8. The van der Waals surface area contributed by atoms with Crippen LogP contribution in [0.2, 0.25) is 0 Å². The third-order valence-electron chi connectivity index (χ3n) is 4.23. The first-order valence-electron chi connectivity index (χ1n) is 8.77. The molecule has 1 aliphatic heterocycles. The second-order valence-corrected chi connectivity index (χ2v) is 6.05. The fourth-order valence-electron chi connectivity index (χ4n) is 3.00. The third kappa shape index (κ3) is 3.99. The summed E-state index contributed by atoms with van der Waals surface area (Å²) >= 11 is 0. The van der Waals surface area contributed by atoms with Gasteiger partial charge in [-0.05, 0) is 43.7 Å². The minimum atomic E-state index is -0.824. The van der Waals surface area contributed by atoms with Crippen molar-refractivity contribution < 1.29 is 28.2 Å². The van der Waals surface area contributed by atoms with Crippen LogP contribution in [0.1, 0.15) is 35.9 Å². The molecule has 0 radical (unpaired) electrons. The van der Waals surface area contributed by atoms with E-state index in [0.29, 0.717) is 5.56 Å².